The second-order valence-corrected chi connectivity index (χ2v) is 3.93. The molecule has 2 N–H and O–H groups in total. The highest BCUT2D eigenvalue weighted by Crippen LogP contribution is 2.39. The highest BCUT2D eigenvalue weighted by Gasteiger charge is 2.41. The molecule has 0 radical (unpaired) electrons. The first kappa shape index (κ1) is 10.2. The maximum atomic E-state index is 9.55. The predicted octanol–water partition coefficient (Wildman–Crippen LogP) is 0.709. The summed E-state index contributed by atoms with van der Waals surface area (Å²) in [6.45, 7) is 0. The van der Waals surface area contributed by atoms with Gasteiger partial charge in [0.15, 0.2) is 0 Å². The van der Waals surface area contributed by atoms with Crippen LogP contribution in [0, 0.1) is 11.8 Å². The Morgan fingerprint density at radius 1 is 1.47 bits per heavy atom. The van der Waals surface area contributed by atoms with Crippen molar-refractivity contribution in [2.75, 3.05) is 0 Å². The van der Waals surface area contributed by atoms with Crippen molar-refractivity contribution in [2.45, 2.75) is 31.0 Å². The number of aromatic nitrogens is 1. The molecule has 2 rings (SSSR count). The first-order valence-corrected chi connectivity index (χ1v) is 5.01. The smallest absolute Gasteiger partial charge is 0.117 e. The Labute approximate surface area is 88.8 Å². The normalized spacial score (nSPS) is 18.8. The van der Waals surface area contributed by atoms with Crippen LogP contribution in [0.15, 0.2) is 24.4 Å². The molecule has 1 aromatic heterocycles. The molecule has 0 spiro atoms. The molecule has 1 unspecified atom stereocenters. The zero-order valence-corrected chi connectivity index (χ0v) is 8.35. The molecule has 0 aromatic carbocycles. The first-order chi connectivity index (χ1) is 7.18. The van der Waals surface area contributed by atoms with Crippen molar-refractivity contribution < 1.29 is 10.2 Å². The Bertz CT molecular complexity index is 387. The van der Waals surface area contributed by atoms with E-state index < -0.39 is 11.7 Å². The van der Waals surface area contributed by atoms with Gasteiger partial charge in [-0.1, -0.05) is 12.0 Å². The van der Waals surface area contributed by atoms with E-state index in [4.69, 9.17) is 0 Å². The van der Waals surface area contributed by atoms with Crippen LogP contribution in [0.2, 0.25) is 0 Å². The molecule has 0 bridgehead atoms. The minimum Gasteiger partial charge on any atom is -0.390 e. The third kappa shape index (κ3) is 3.05. The fraction of sp³-hybridized carbons (Fsp3) is 0.417. The van der Waals surface area contributed by atoms with E-state index in [2.05, 4.69) is 16.8 Å². The van der Waals surface area contributed by atoms with Gasteiger partial charge in [-0.2, -0.15) is 0 Å². The number of hydrogen-bond donors (Lipinski definition) is 2. The molecule has 1 saturated carbocycles. The lowest BCUT2D eigenvalue weighted by molar-refractivity contribution is 0.0891. The van der Waals surface area contributed by atoms with Crippen LogP contribution in [0.25, 0.3) is 0 Å². The summed E-state index contributed by atoms with van der Waals surface area (Å²) in [7, 11) is 0. The molecule has 1 aromatic rings. The summed E-state index contributed by atoms with van der Waals surface area (Å²) in [5.74, 6) is 5.45. The van der Waals surface area contributed by atoms with Gasteiger partial charge in [0.05, 0.1) is 5.60 Å². The molecule has 0 amide bonds. The fourth-order valence-electron chi connectivity index (χ4n) is 1.35. The van der Waals surface area contributed by atoms with Gasteiger partial charge in [-0.25, -0.2) is 4.98 Å². The number of hydrogen-bond acceptors (Lipinski definition) is 3. The lowest BCUT2D eigenvalue weighted by Gasteiger charge is -2.07. The minimum absolute atomic E-state index is 0.340. The van der Waals surface area contributed by atoms with E-state index in [-0.39, 0.29) is 0 Å². The summed E-state index contributed by atoms with van der Waals surface area (Å²) in [6, 6.07) is 5.44. The topological polar surface area (TPSA) is 53.4 Å². The van der Waals surface area contributed by atoms with Crippen LogP contribution in [-0.4, -0.2) is 26.9 Å². The Hall–Kier alpha value is -1.37. The summed E-state index contributed by atoms with van der Waals surface area (Å²) in [4.78, 5) is 4.02. The average Bonchev–Trinajstić information content (AvgIpc) is 2.95. The quantitative estimate of drug-likeness (QED) is 0.696. The molecule has 0 aliphatic heterocycles. The van der Waals surface area contributed by atoms with Crippen molar-refractivity contribution >= 4 is 0 Å². The van der Waals surface area contributed by atoms with Crippen LogP contribution in [0.3, 0.4) is 0 Å². The van der Waals surface area contributed by atoms with E-state index >= 15 is 0 Å². The number of aliphatic hydroxyl groups excluding tert-OH is 1. The summed E-state index contributed by atoms with van der Waals surface area (Å²) in [5.41, 5.74) is -0.0163. The minimum atomic E-state index is -0.764. The van der Waals surface area contributed by atoms with Crippen LogP contribution in [-0.2, 0) is 0 Å². The molecule has 1 aliphatic rings. The molecule has 1 heterocycles. The van der Waals surface area contributed by atoms with Crippen molar-refractivity contribution in [1.29, 1.82) is 0 Å². The first-order valence-electron chi connectivity index (χ1n) is 5.01. The van der Waals surface area contributed by atoms with Crippen LogP contribution >= 0.6 is 0 Å². The van der Waals surface area contributed by atoms with Crippen molar-refractivity contribution in [3.05, 3.63) is 30.1 Å². The SMILES string of the molecule is OC(C#Cc1ccccn1)CC1(O)CC1. The van der Waals surface area contributed by atoms with E-state index in [0.717, 1.165) is 12.8 Å². The van der Waals surface area contributed by atoms with E-state index in [1.165, 1.54) is 0 Å². The molecular weight excluding hydrogens is 190 g/mol. The van der Waals surface area contributed by atoms with Gasteiger partial charge in [0.1, 0.15) is 11.8 Å². The largest absolute Gasteiger partial charge is 0.390 e. The van der Waals surface area contributed by atoms with Crippen LogP contribution < -0.4 is 0 Å². The third-order valence-electron chi connectivity index (χ3n) is 2.43. The maximum Gasteiger partial charge on any atom is 0.117 e. The summed E-state index contributed by atoms with van der Waals surface area (Å²) in [6.07, 6.45) is 2.78. The van der Waals surface area contributed by atoms with E-state index in [1.54, 1.807) is 12.3 Å². The maximum absolute atomic E-state index is 9.55. The Kier molecular flexibility index (Phi) is 2.72. The van der Waals surface area contributed by atoms with Gasteiger partial charge >= 0.3 is 0 Å². The summed E-state index contributed by atoms with van der Waals surface area (Å²) < 4.78 is 0. The molecule has 3 nitrogen and oxygen atoms in total. The Balaban J connectivity index is 1.93. The molecular formula is C12H13NO2. The zero-order chi connectivity index (χ0) is 10.7. The molecule has 1 aliphatic carbocycles. The van der Waals surface area contributed by atoms with Gasteiger partial charge < -0.3 is 10.2 Å². The van der Waals surface area contributed by atoms with Crippen molar-refractivity contribution in [3.8, 4) is 11.8 Å². The van der Waals surface area contributed by atoms with Gasteiger partial charge in [0, 0.05) is 12.6 Å². The van der Waals surface area contributed by atoms with Gasteiger partial charge in [0.2, 0.25) is 0 Å². The second kappa shape index (κ2) is 4.01. The van der Waals surface area contributed by atoms with Gasteiger partial charge in [-0.05, 0) is 30.9 Å². The number of pyridine rings is 1. The zero-order valence-electron chi connectivity index (χ0n) is 8.35. The van der Waals surface area contributed by atoms with Crippen LogP contribution in [0.1, 0.15) is 25.0 Å². The standard InChI is InChI=1S/C12H13NO2/c14-11(9-12(15)6-7-12)5-4-10-3-1-2-8-13-10/h1-3,8,11,14-15H,6-7,9H2. The molecule has 3 heteroatoms. The highest BCUT2D eigenvalue weighted by atomic mass is 16.3. The van der Waals surface area contributed by atoms with Crippen LogP contribution in [0.5, 0.6) is 0 Å². The Morgan fingerprint density at radius 3 is 2.87 bits per heavy atom. The average molecular weight is 203 g/mol. The van der Waals surface area contributed by atoms with E-state index in [1.807, 2.05) is 12.1 Å². The van der Waals surface area contributed by atoms with E-state index in [0.29, 0.717) is 12.1 Å². The highest BCUT2D eigenvalue weighted by molar-refractivity contribution is 5.28. The molecule has 1 atom stereocenters. The Morgan fingerprint density at radius 2 is 2.27 bits per heavy atom. The van der Waals surface area contributed by atoms with Crippen LogP contribution in [0.4, 0.5) is 0 Å². The monoisotopic (exact) mass is 203 g/mol. The summed E-state index contributed by atoms with van der Waals surface area (Å²) in [5, 5.41) is 19.1. The van der Waals surface area contributed by atoms with E-state index in [9.17, 15) is 10.2 Å². The van der Waals surface area contributed by atoms with Crippen molar-refractivity contribution in [1.82, 2.24) is 4.98 Å². The molecule has 0 saturated heterocycles. The fourth-order valence-corrected chi connectivity index (χ4v) is 1.35. The second-order valence-electron chi connectivity index (χ2n) is 3.93. The van der Waals surface area contributed by atoms with Gasteiger partial charge in [0.25, 0.3) is 0 Å². The lowest BCUT2D eigenvalue weighted by Crippen LogP contribution is -2.16. The van der Waals surface area contributed by atoms with Crippen molar-refractivity contribution in [3.63, 3.8) is 0 Å². The molecule has 78 valence electrons. The summed E-state index contributed by atoms with van der Waals surface area (Å²) >= 11 is 0. The van der Waals surface area contributed by atoms with Crippen molar-refractivity contribution in [2.24, 2.45) is 0 Å². The molecule has 15 heavy (non-hydrogen) atoms. The lowest BCUT2D eigenvalue weighted by atomic mass is 10.1. The predicted molar refractivity (Wildman–Crippen MR) is 55.9 cm³/mol. The van der Waals surface area contributed by atoms with Gasteiger partial charge in [-0.15, -0.1) is 0 Å². The number of rotatable bonds is 2. The number of aliphatic hydroxyl groups is 2. The number of nitrogens with zero attached hydrogens (tertiary/aromatic N) is 1. The van der Waals surface area contributed by atoms with Gasteiger partial charge in [-0.3, -0.25) is 0 Å². The third-order valence-corrected chi connectivity index (χ3v) is 2.43. The molecule has 1 fully saturated rings.